The molecule has 0 unspecified atom stereocenters. The molecule has 2 heterocycles. The summed E-state index contributed by atoms with van der Waals surface area (Å²) in [7, 11) is 1.66. The Morgan fingerprint density at radius 1 is 1.09 bits per heavy atom. The molecule has 0 saturated carbocycles. The van der Waals surface area contributed by atoms with Crippen molar-refractivity contribution in [3.05, 3.63) is 53.3 Å². The van der Waals surface area contributed by atoms with Crippen LogP contribution in [0.3, 0.4) is 0 Å². The van der Waals surface area contributed by atoms with E-state index in [1.54, 1.807) is 19.2 Å². The molecule has 5 nitrogen and oxygen atoms in total. The molecule has 1 aliphatic rings. The van der Waals surface area contributed by atoms with E-state index < -0.39 is 0 Å². The zero-order chi connectivity index (χ0) is 16.2. The van der Waals surface area contributed by atoms with Gasteiger partial charge in [-0.25, -0.2) is 4.98 Å². The lowest BCUT2D eigenvalue weighted by molar-refractivity contribution is 0.0746. The van der Waals surface area contributed by atoms with E-state index in [-0.39, 0.29) is 5.91 Å². The van der Waals surface area contributed by atoms with Crippen LogP contribution in [0.4, 0.5) is 5.69 Å². The number of aromatic nitrogens is 1. The molecule has 2 aromatic rings. The SMILES string of the molecule is COc1ccc(N2CCN(C(=O)c3ccc(Cl)nc3)CC2)cc1. The molecule has 120 valence electrons. The first-order valence-corrected chi connectivity index (χ1v) is 7.85. The first-order valence-electron chi connectivity index (χ1n) is 7.47. The summed E-state index contributed by atoms with van der Waals surface area (Å²) >= 11 is 5.76. The molecule has 1 fully saturated rings. The highest BCUT2D eigenvalue weighted by molar-refractivity contribution is 6.29. The zero-order valence-corrected chi connectivity index (χ0v) is 13.7. The third-order valence-electron chi connectivity index (χ3n) is 3.98. The Morgan fingerprint density at radius 3 is 2.35 bits per heavy atom. The van der Waals surface area contributed by atoms with Gasteiger partial charge in [0.05, 0.1) is 12.7 Å². The van der Waals surface area contributed by atoms with E-state index in [1.165, 1.54) is 6.20 Å². The van der Waals surface area contributed by atoms with E-state index in [4.69, 9.17) is 16.3 Å². The number of anilines is 1. The van der Waals surface area contributed by atoms with Crippen LogP contribution in [0.25, 0.3) is 0 Å². The summed E-state index contributed by atoms with van der Waals surface area (Å²) in [4.78, 5) is 20.5. The molecular weight excluding hydrogens is 314 g/mol. The fourth-order valence-electron chi connectivity index (χ4n) is 2.65. The maximum absolute atomic E-state index is 12.4. The van der Waals surface area contributed by atoms with Gasteiger partial charge in [0.25, 0.3) is 5.91 Å². The van der Waals surface area contributed by atoms with Gasteiger partial charge in [0.1, 0.15) is 10.9 Å². The average molecular weight is 332 g/mol. The largest absolute Gasteiger partial charge is 0.497 e. The van der Waals surface area contributed by atoms with Gasteiger partial charge in [-0.3, -0.25) is 4.79 Å². The monoisotopic (exact) mass is 331 g/mol. The summed E-state index contributed by atoms with van der Waals surface area (Å²) in [6.45, 7) is 2.99. The van der Waals surface area contributed by atoms with Crippen molar-refractivity contribution < 1.29 is 9.53 Å². The molecule has 3 rings (SSSR count). The second-order valence-corrected chi connectivity index (χ2v) is 5.73. The number of amides is 1. The smallest absolute Gasteiger partial charge is 0.255 e. The van der Waals surface area contributed by atoms with Gasteiger partial charge in [0, 0.05) is 38.1 Å². The lowest BCUT2D eigenvalue weighted by atomic mass is 10.2. The second-order valence-electron chi connectivity index (χ2n) is 5.35. The number of carbonyl (C=O) groups is 1. The molecule has 1 aromatic carbocycles. The van der Waals surface area contributed by atoms with Crippen LogP contribution in [0, 0.1) is 0 Å². The van der Waals surface area contributed by atoms with Crippen molar-refractivity contribution in [1.82, 2.24) is 9.88 Å². The van der Waals surface area contributed by atoms with Crippen LogP contribution in [0.15, 0.2) is 42.6 Å². The van der Waals surface area contributed by atoms with Gasteiger partial charge >= 0.3 is 0 Å². The topological polar surface area (TPSA) is 45.7 Å². The molecule has 1 saturated heterocycles. The average Bonchev–Trinajstić information content (AvgIpc) is 2.62. The first kappa shape index (κ1) is 15.6. The normalized spacial score (nSPS) is 14.7. The highest BCUT2D eigenvalue weighted by atomic mass is 35.5. The van der Waals surface area contributed by atoms with E-state index in [1.807, 2.05) is 29.2 Å². The number of piperazine rings is 1. The Bertz CT molecular complexity index is 665. The van der Waals surface area contributed by atoms with Crippen molar-refractivity contribution in [2.24, 2.45) is 0 Å². The van der Waals surface area contributed by atoms with E-state index in [0.29, 0.717) is 23.8 Å². The summed E-state index contributed by atoms with van der Waals surface area (Å²) in [5.41, 5.74) is 1.72. The summed E-state index contributed by atoms with van der Waals surface area (Å²) in [6.07, 6.45) is 1.53. The van der Waals surface area contributed by atoms with Crippen LogP contribution in [-0.4, -0.2) is 49.1 Å². The van der Waals surface area contributed by atoms with Crippen LogP contribution < -0.4 is 9.64 Å². The van der Waals surface area contributed by atoms with E-state index >= 15 is 0 Å². The minimum Gasteiger partial charge on any atom is -0.497 e. The molecule has 0 N–H and O–H groups in total. The van der Waals surface area contributed by atoms with Gasteiger partial charge in [-0.1, -0.05) is 11.6 Å². The summed E-state index contributed by atoms with van der Waals surface area (Å²) < 4.78 is 5.18. The number of ether oxygens (including phenoxy) is 1. The molecule has 0 spiro atoms. The Labute approximate surface area is 140 Å². The summed E-state index contributed by atoms with van der Waals surface area (Å²) in [6, 6.07) is 11.3. The maximum atomic E-state index is 12.4. The van der Waals surface area contributed by atoms with Gasteiger partial charge in [-0.05, 0) is 36.4 Å². The molecule has 0 aliphatic carbocycles. The Hall–Kier alpha value is -2.27. The number of benzene rings is 1. The van der Waals surface area contributed by atoms with Crippen molar-refractivity contribution in [1.29, 1.82) is 0 Å². The molecular formula is C17H18ClN3O2. The molecule has 1 aromatic heterocycles. The lowest BCUT2D eigenvalue weighted by Gasteiger charge is -2.36. The lowest BCUT2D eigenvalue weighted by Crippen LogP contribution is -2.48. The first-order chi connectivity index (χ1) is 11.2. The van der Waals surface area contributed by atoms with Crippen molar-refractivity contribution >= 4 is 23.2 Å². The molecule has 1 amide bonds. The van der Waals surface area contributed by atoms with Gasteiger partial charge in [-0.2, -0.15) is 0 Å². The Balaban J connectivity index is 1.61. The highest BCUT2D eigenvalue weighted by Crippen LogP contribution is 2.21. The van der Waals surface area contributed by atoms with Crippen LogP contribution in [0.1, 0.15) is 10.4 Å². The number of halogens is 1. The number of hydrogen-bond donors (Lipinski definition) is 0. The van der Waals surface area contributed by atoms with Crippen molar-refractivity contribution in [2.75, 3.05) is 38.2 Å². The van der Waals surface area contributed by atoms with Crippen LogP contribution in [0.2, 0.25) is 5.15 Å². The number of hydrogen-bond acceptors (Lipinski definition) is 4. The number of carbonyl (C=O) groups excluding carboxylic acids is 1. The molecule has 0 radical (unpaired) electrons. The van der Waals surface area contributed by atoms with Gasteiger partial charge in [0.2, 0.25) is 0 Å². The minimum absolute atomic E-state index is 0.00328. The number of pyridine rings is 1. The summed E-state index contributed by atoms with van der Waals surface area (Å²) in [5, 5.41) is 0.394. The number of rotatable bonds is 3. The third kappa shape index (κ3) is 3.56. The van der Waals surface area contributed by atoms with Crippen molar-refractivity contribution in [3.63, 3.8) is 0 Å². The minimum atomic E-state index is 0.00328. The quantitative estimate of drug-likeness (QED) is 0.811. The highest BCUT2D eigenvalue weighted by Gasteiger charge is 2.22. The molecule has 0 bridgehead atoms. The Morgan fingerprint density at radius 2 is 1.78 bits per heavy atom. The number of methoxy groups -OCH3 is 1. The third-order valence-corrected chi connectivity index (χ3v) is 4.20. The fourth-order valence-corrected chi connectivity index (χ4v) is 2.76. The molecule has 23 heavy (non-hydrogen) atoms. The van der Waals surface area contributed by atoms with Gasteiger partial charge in [-0.15, -0.1) is 0 Å². The zero-order valence-electron chi connectivity index (χ0n) is 12.9. The van der Waals surface area contributed by atoms with E-state index in [0.717, 1.165) is 24.5 Å². The molecule has 1 aliphatic heterocycles. The molecule has 6 heteroatoms. The maximum Gasteiger partial charge on any atom is 0.255 e. The Kier molecular flexibility index (Phi) is 4.67. The van der Waals surface area contributed by atoms with E-state index in [9.17, 15) is 4.79 Å². The van der Waals surface area contributed by atoms with Crippen LogP contribution in [-0.2, 0) is 0 Å². The predicted molar refractivity (Wildman–Crippen MR) is 90.4 cm³/mol. The second kappa shape index (κ2) is 6.87. The summed E-state index contributed by atoms with van der Waals surface area (Å²) in [5.74, 6) is 0.848. The van der Waals surface area contributed by atoms with Crippen LogP contribution >= 0.6 is 11.6 Å². The van der Waals surface area contributed by atoms with Crippen molar-refractivity contribution in [2.45, 2.75) is 0 Å². The number of nitrogens with zero attached hydrogens (tertiary/aromatic N) is 3. The van der Waals surface area contributed by atoms with Crippen molar-refractivity contribution in [3.8, 4) is 5.75 Å². The van der Waals surface area contributed by atoms with Gasteiger partial charge < -0.3 is 14.5 Å². The standard InChI is InChI=1S/C17H18ClN3O2/c1-23-15-5-3-14(4-6-15)20-8-10-21(11-9-20)17(22)13-2-7-16(18)19-12-13/h2-7,12H,8-11H2,1H3. The predicted octanol–water partition coefficient (Wildman–Crippen LogP) is 2.71. The molecule has 0 atom stereocenters. The van der Waals surface area contributed by atoms with Crippen LogP contribution in [0.5, 0.6) is 5.75 Å². The van der Waals surface area contributed by atoms with Gasteiger partial charge in [0.15, 0.2) is 0 Å². The fraction of sp³-hybridized carbons (Fsp3) is 0.294. The van der Waals surface area contributed by atoms with E-state index in [2.05, 4.69) is 9.88 Å².